The molecule has 10 nitrogen and oxygen atoms in total. The van der Waals surface area contributed by atoms with Gasteiger partial charge in [0.05, 0.1) is 6.61 Å². The number of methoxy groups -OCH3 is 1. The fourth-order valence-corrected chi connectivity index (χ4v) is 3.90. The van der Waals surface area contributed by atoms with Crippen LogP contribution in [0.2, 0.25) is 0 Å². The Hall–Kier alpha value is -4.58. The second-order valence-corrected chi connectivity index (χ2v) is 8.61. The lowest BCUT2D eigenvalue weighted by atomic mass is 10.1. The number of pyridine rings is 1. The second kappa shape index (κ2) is 10.8. The lowest BCUT2D eigenvalue weighted by Gasteiger charge is -2.38. The molecule has 2 aromatic carbocycles. The van der Waals surface area contributed by atoms with Gasteiger partial charge in [-0.25, -0.2) is 18.5 Å². The Kier molecular flexibility index (Phi) is 7.53. The molecule has 2 heterocycles. The van der Waals surface area contributed by atoms with Crippen molar-refractivity contribution < 1.29 is 33.0 Å². The minimum absolute atomic E-state index is 0.0397. The van der Waals surface area contributed by atoms with Gasteiger partial charge in [0.1, 0.15) is 23.9 Å². The van der Waals surface area contributed by atoms with Gasteiger partial charge >= 0.3 is 0 Å². The van der Waals surface area contributed by atoms with Crippen LogP contribution in [0.1, 0.15) is 42.3 Å². The highest BCUT2D eigenvalue weighted by Gasteiger charge is 2.37. The van der Waals surface area contributed by atoms with Crippen LogP contribution >= 0.6 is 0 Å². The molecule has 12 heteroatoms. The Morgan fingerprint density at radius 2 is 1.82 bits per heavy atom. The molecule has 0 bridgehead atoms. The lowest BCUT2D eigenvalue weighted by molar-refractivity contribution is 0.0603. The summed E-state index contributed by atoms with van der Waals surface area (Å²) in [5.41, 5.74) is -1.11. The average Bonchev–Trinajstić information content (AvgIpc) is 2.89. The summed E-state index contributed by atoms with van der Waals surface area (Å²) >= 11 is 0. The van der Waals surface area contributed by atoms with Crippen molar-refractivity contribution in [3.63, 3.8) is 0 Å². The molecule has 1 aromatic heterocycles. The molecule has 0 unspecified atom stereocenters. The number of hydrogen-bond acceptors (Lipinski definition) is 6. The molecule has 3 amide bonds. The van der Waals surface area contributed by atoms with Gasteiger partial charge in [-0.1, -0.05) is 23.8 Å². The molecule has 198 valence electrons. The largest absolute Gasteiger partial charge is 0.502 e. The molecule has 0 radical (unpaired) electrons. The number of rotatable bonds is 7. The minimum atomic E-state index is -1.15. The van der Waals surface area contributed by atoms with Gasteiger partial charge in [0.25, 0.3) is 17.7 Å². The van der Waals surface area contributed by atoms with E-state index in [1.54, 1.807) is 24.3 Å². The first kappa shape index (κ1) is 26.5. The van der Waals surface area contributed by atoms with Crippen molar-refractivity contribution in [2.45, 2.75) is 13.5 Å². The molecule has 0 saturated heterocycles. The van der Waals surface area contributed by atoms with Gasteiger partial charge in [-0.05, 0) is 25.1 Å². The predicted octanol–water partition coefficient (Wildman–Crippen LogP) is 1.91. The van der Waals surface area contributed by atoms with Crippen molar-refractivity contribution in [3.8, 4) is 5.75 Å². The molecular formula is C26H24F2N4O6. The Labute approximate surface area is 215 Å². The number of benzene rings is 2. The molecule has 0 fully saturated rings. The van der Waals surface area contributed by atoms with Gasteiger partial charge in [0, 0.05) is 43.6 Å². The number of aryl methyl sites for hydroxylation is 1. The third-order valence-electron chi connectivity index (χ3n) is 6.02. The number of carbonyl (C=O) groups excluding carboxylic acids is 3. The molecule has 2 N–H and O–H groups in total. The zero-order chi connectivity index (χ0) is 27.6. The van der Waals surface area contributed by atoms with E-state index >= 15 is 0 Å². The number of nitrogens with zero attached hydrogens (tertiary/aromatic N) is 3. The highest BCUT2D eigenvalue weighted by molar-refractivity contribution is 6.05. The number of aromatic hydroxyl groups is 1. The van der Waals surface area contributed by atoms with Crippen molar-refractivity contribution in [2.75, 3.05) is 31.9 Å². The first-order chi connectivity index (χ1) is 18.1. The first-order valence-electron chi connectivity index (χ1n) is 11.5. The van der Waals surface area contributed by atoms with Crippen molar-refractivity contribution in [3.05, 3.63) is 98.5 Å². The van der Waals surface area contributed by atoms with Crippen LogP contribution in [-0.4, -0.2) is 59.3 Å². The topological polar surface area (TPSA) is 121 Å². The zero-order valence-corrected chi connectivity index (χ0v) is 20.5. The Bertz CT molecular complexity index is 1470. The molecule has 1 aliphatic rings. The SMILES string of the molecule is COCCN1CN(C(=O)c2ccc(C)cc2)n2cc(C(=O)NCc3ccc(F)cc3F)c(=O)c(O)c2C1=O. The fraction of sp³-hybridized carbons (Fsp3) is 0.231. The number of amides is 3. The third-order valence-corrected chi connectivity index (χ3v) is 6.02. The summed E-state index contributed by atoms with van der Waals surface area (Å²) in [5, 5.41) is 14.2. The molecule has 0 saturated carbocycles. The molecule has 1 aliphatic heterocycles. The van der Waals surface area contributed by atoms with Crippen molar-refractivity contribution in [1.29, 1.82) is 0 Å². The van der Waals surface area contributed by atoms with Crippen LogP contribution in [0, 0.1) is 18.6 Å². The predicted molar refractivity (Wildman–Crippen MR) is 131 cm³/mol. The summed E-state index contributed by atoms with van der Waals surface area (Å²) in [7, 11) is 1.43. The van der Waals surface area contributed by atoms with E-state index < -0.39 is 51.8 Å². The normalized spacial score (nSPS) is 12.9. The van der Waals surface area contributed by atoms with Crippen molar-refractivity contribution >= 4 is 17.7 Å². The van der Waals surface area contributed by atoms with Crippen LogP contribution in [0.25, 0.3) is 0 Å². The number of fused-ring (bicyclic) bond motifs is 1. The van der Waals surface area contributed by atoms with Gasteiger partial charge in [-0.2, -0.15) is 0 Å². The smallest absolute Gasteiger partial charge is 0.278 e. The number of carbonyl (C=O) groups is 3. The maximum Gasteiger partial charge on any atom is 0.278 e. The van der Waals surface area contributed by atoms with E-state index in [0.29, 0.717) is 6.07 Å². The molecule has 4 rings (SSSR count). The molecule has 0 aliphatic carbocycles. The zero-order valence-electron chi connectivity index (χ0n) is 20.5. The van der Waals surface area contributed by atoms with Crippen molar-refractivity contribution in [2.24, 2.45) is 0 Å². The molecule has 3 aromatic rings. The maximum absolute atomic E-state index is 14.0. The Morgan fingerprint density at radius 1 is 1.11 bits per heavy atom. The van der Waals surface area contributed by atoms with Crippen LogP contribution in [0.5, 0.6) is 5.75 Å². The fourth-order valence-electron chi connectivity index (χ4n) is 3.90. The molecule has 0 spiro atoms. The van der Waals surface area contributed by atoms with E-state index in [-0.39, 0.29) is 37.5 Å². The first-order valence-corrected chi connectivity index (χ1v) is 11.5. The van der Waals surface area contributed by atoms with E-state index in [9.17, 15) is 33.1 Å². The van der Waals surface area contributed by atoms with E-state index in [1.165, 1.54) is 12.0 Å². The molecule has 38 heavy (non-hydrogen) atoms. The highest BCUT2D eigenvalue weighted by atomic mass is 19.1. The summed E-state index contributed by atoms with van der Waals surface area (Å²) < 4.78 is 33.1. The van der Waals surface area contributed by atoms with Gasteiger partial charge in [-0.15, -0.1) is 0 Å². The van der Waals surface area contributed by atoms with E-state index in [1.807, 2.05) is 6.92 Å². The highest BCUT2D eigenvalue weighted by Crippen LogP contribution is 2.23. The molecular weight excluding hydrogens is 502 g/mol. The van der Waals surface area contributed by atoms with E-state index in [2.05, 4.69) is 5.32 Å². The van der Waals surface area contributed by atoms with Crippen LogP contribution in [0.4, 0.5) is 8.78 Å². The summed E-state index contributed by atoms with van der Waals surface area (Å²) in [6.07, 6.45) is 0.978. The standard InChI is InChI=1S/C26H24F2N4O6/c1-15-3-5-16(6-4-15)25(36)32-14-30(9-10-38-2)26(37)21-23(34)22(33)19(13-31(21)32)24(35)29-12-17-7-8-18(27)11-20(17)28/h3-8,11,13,34H,9-10,12,14H2,1-2H3,(H,29,35). The van der Waals surface area contributed by atoms with E-state index in [0.717, 1.165) is 33.6 Å². The number of hydrogen-bond donors (Lipinski definition) is 2. The van der Waals surface area contributed by atoms with Gasteiger partial charge in [0.2, 0.25) is 5.43 Å². The number of ether oxygens (including phenoxy) is 1. The summed E-state index contributed by atoms with van der Waals surface area (Å²) in [6.45, 7) is 1.39. The summed E-state index contributed by atoms with van der Waals surface area (Å²) in [5.74, 6) is -5.03. The van der Waals surface area contributed by atoms with Crippen LogP contribution in [0.3, 0.4) is 0 Å². The number of nitrogens with one attached hydrogen (secondary N) is 1. The summed E-state index contributed by atoms with van der Waals surface area (Å²) in [4.78, 5) is 53.6. The lowest BCUT2D eigenvalue weighted by Crippen LogP contribution is -2.57. The Morgan fingerprint density at radius 3 is 2.47 bits per heavy atom. The van der Waals surface area contributed by atoms with E-state index in [4.69, 9.17) is 4.74 Å². The number of halogens is 2. The Balaban J connectivity index is 1.74. The molecule has 0 atom stereocenters. The second-order valence-electron chi connectivity index (χ2n) is 8.61. The van der Waals surface area contributed by atoms with Crippen LogP contribution < -0.4 is 15.8 Å². The van der Waals surface area contributed by atoms with Crippen LogP contribution in [0.15, 0.2) is 53.5 Å². The van der Waals surface area contributed by atoms with Gasteiger partial charge < -0.3 is 20.1 Å². The van der Waals surface area contributed by atoms with Gasteiger partial charge in [0.15, 0.2) is 11.4 Å². The average molecular weight is 526 g/mol. The monoisotopic (exact) mass is 526 g/mol. The van der Waals surface area contributed by atoms with Crippen molar-refractivity contribution in [1.82, 2.24) is 14.9 Å². The maximum atomic E-state index is 14.0. The van der Waals surface area contributed by atoms with Crippen LogP contribution in [-0.2, 0) is 11.3 Å². The minimum Gasteiger partial charge on any atom is -0.502 e. The summed E-state index contributed by atoms with van der Waals surface area (Å²) in [6, 6.07) is 9.42. The number of aromatic nitrogens is 1. The van der Waals surface area contributed by atoms with Gasteiger partial charge in [-0.3, -0.25) is 19.2 Å². The quantitative estimate of drug-likeness (QED) is 0.485. The third kappa shape index (κ3) is 5.11.